The summed E-state index contributed by atoms with van der Waals surface area (Å²) in [5, 5.41) is 19.1. The zero-order valence-electron chi connectivity index (χ0n) is 13.3. The minimum absolute atomic E-state index is 0.0348. The molecular weight excluding hydrogens is 456 g/mol. The maximum Gasteiger partial charge on any atom is 0.491 e. The monoisotopic (exact) mass is 462 g/mol. The Kier molecular flexibility index (Phi) is 4.98. The number of halogens is 5. The van der Waals surface area contributed by atoms with Crippen molar-refractivity contribution >= 4 is 32.8 Å². The van der Waals surface area contributed by atoms with Crippen LogP contribution in [0.15, 0.2) is 34.8 Å². The number of carbonyl (C=O) groups excluding carboxylic acids is 1. The SMILES string of the molecule is O=C(Oc1nc(Oc2cccc(Br)c2F)c2cc(O)c(O)cc2n1)C(F)(F)F. The largest absolute Gasteiger partial charge is 0.504 e. The standard InChI is InChI=1S/C16H7BrF4N2O5/c17-7-2-1-3-11(12(7)18)27-13-6-4-9(24)10(25)5-8(6)22-15(23-13)28-14(26)16(19,20)21/h1-5,24-25H. The number of carbonyl (C=O) groups is 1. The quantitative estimate of drug-likeness (QED) is 0.341. The zero-order chi connectivity index (χ0) is 20.6. The summed E-state index contributed by atoms with van der Waals surface area (Å²) in [7, 11) is 0. The van der Waals surface area contributed by atoms with Gasteiger partial charge in [-0.15, -0.1) is 0 Å². The highest BCUT2D eigenvalue weighted by atomic mass is 79.9. The molecule has 1 aromatic heterocycles. The van der Waals surface area contributed by atoms with Crippen LogP contribution in [0.2, 0.25) is 0 Å². The summed E-state index contributed by atoms with van der Waals surface area (Å²) in [6, 6.07) is 4.77. The second-order valence-corrected chi connectivity index (χ2v) is 6.07. The first-order valence-electron chi connectivity index (χ1n) is 7.21. The number of fused-ring (bicyclic) bond motifs is 1. The van der Waals surface area contributed by atoms with Crippen LogP contribution in [0.4, 0.5) is 17.6 Å². The molecule has 3 aromatic rings. The number of rotatable bonds is 3. The summed E-state index contributed by atoms with van der Waals surface area (Å²) in [4.78, 5) is 18.1. The average Bonchev–Trinajstić information content (AvgIpc) is 2.60. The molecule has 0 fully saturated rings. The van der Waals surface area contributed by atoms with E-state index in [1.165, 1.54) is 18.2 Å². The van der Waals surface area contributed by atoms with Crippen LogP contribution in [0.1, 0.15) is 0 Å². The molecule has 0 aliphatic carbocycles. The van der Waals surface area contributed by atoms with Crippen LogP contribution >= 0.6 is 15.9 Å². The van der Waals surface area contributed by atoms with Gasteiger partial charge in [0.1, 0.15) is 0 Å². The van der Waals surface area contributed by atoms with Gasteiger partial charge in [0.15, 0.2) is 23.1 Å². The predicted molar refractivity (Wildman–Crippen MR) is 88.7 cm³/mol. The highest BCUT2D eigenvalue weighted by Gasteiger charge is 2.42. The van der Waals surface area contributed by atoms with E-state index in [1.54, 1.807) is 0 Å². The van der Waals surface area contributed by atoms with Gasteiger partial charge in [-0.3, -0.25) is 0 Å². The number of hydrogen-bond donors (Lipinski definition) is 2. The summed E-state index contributed by atoms with van der Waals surface area (Å²) in [5.74, 6) is -5.59. The Morgan fingerprint density at radius 3 is 2.46 bits per heavy atom. The van der Waals surface area contributed by atoms with Crippen molar-refractivity contribution in [2.45, 2.75) is 6.18 Å². The maximum atomic E-state index is 14.2. The van der Waals surface area contributed by atoms with Gasteiger partial charge >= 0.3 is 18.2 Å². The fraction of sp³-hybridized carbons (Fsp3) is 0.0625. The lowest BCUT2D eigenvalue weighted by Gasteiger charge is -2.12. The summed E-state index contributed by atoms with van der Waals surface area (Å²) in [5.41, 5.74) is -0.235. The second kappa shape index (κ2) is 7.11. The van der Waals surface area contributed by atoms with Gasteiger partial charge in [-0.05, 0) is 34.1 Å². The maximum absolute atomic E-state index is 14.2. The van der Waals surface area contributed by atoms with Crippen molar-refractivity contribution in [2.24, 2.45) is 0 Å². The highest BCUT2D eigenvalue weighted by Crippen LogP contribution is 2.37. The van der Waals surface area contributed by atoms with Gasteiger partial charge in [0.05, 0.1) is 15.4 Å². The molecule has 1 heterocycles. The molecule has 0 bridgehead atoms. The zero-order valence-corrected chi connectivity index (χ0v) is 14.9. The normalized spacial score (nSPS) is 11.5. The van der Waals surface area contributed by atoms with Gasteiger partial charge < -0.3 is 19.7 Å². The molecule has 2 aromatic carbocycles. The van der Waals surface area contributed by atoms with Crippen LogP contribution in [0.25, 0.3) is 10.9 Å². The molecule has 7 nitrogen and oxygen atoms in total. The Morgan fingerprint density at radius 1 is 1.11 bits per heavy atom. The number of benzene rings is 2. The third-order valence-corrected chi connectivity index (χ3v) is 3.89. The molecule has 3 rings (SSSR count). The van der Waals surface area contributed by atoms with Crippen LogP contribution in [-0.4, -0.2) is 32.3 Å². The molecule has 0 spiro atoms. The Balaban J connectivity index is 2.14. The number of ether oxygens (including phenoxy) is 2. The number of hydrogen-bond acceptors (Lipinski definition) is 7. The lowest BCUT2D eigenvalue weighted by molar-refractivity contribution is -0.190. The molecule has 28 heavy (non-hydrogen) atoms. The number of nitrogens with zero attached hydrogens (tertiary/aromatic N) is 2. The van der Waals surface area contributed by atoms with Crippen LogP contribution in [0.5, 0.6) is 29.1 Å². The van der Waals surface area contributed by atoms with Gasteiger partial charge in [-0.1, -0.05) is 6.07 Å². The molecule has 146 valence electrons. The van der Waals surface area contributed by atoms with E-state index in [2.05, 4.69) is 30.6 Å². The van der Waals surface area contributed by atoms with Crippen LogP contribution in [-0.2, 0) is 4.79 Å². The van der Waals surface area contributed by atoms with Crippen LogP contribution < -0.4 is 9.47 Å². The van der Waals surface area contributed by atoms with Crippen molar-refractivity contribution in [3.63, 3.8) is 0 Å². The van der Waals surface area contributed by atoms with Crippen molar-refractivity contribution in [1.29, 1.82) is 0 Å². The van der Waals surface area contributed by atoms with Gasteiger partial charge in [-0.2, -0.15) is 23.1 Å². The number of aromatic nitrogens is 2. The average molecular weight is 463 g/mol. The summed E-state index contributed by atoms with van der Waals surface area (Å²) in [6.45, 7) is 0. The van der Waals surface area contributed by atoms with Crippen LogP contribution in [0.3, 0.4) is 0 Å². The third kappa shape index (κ3) is 3.91. The molecule has 0 aliphatic rings. The molecule has 0 unspecified atom stereocenters. The highest BCUT2D eigenvalue weighted by molar-refractivity contribution is 9.10. The third-order valence-electron chi connectivity index (χ3n) is 3.27. The van der Waals surface area contributed by atoms with Gasteiger partial charge in [0.25, 0.3) is 0 Å². The lowest BCUT2D eigenvalue weighted by Crippen LogP contribution is -2.28. The molecular formula is C16H7BrF4N2O5. The smallest absolute Gasteiger partial charge is 0.491 e. The second-order valence-electron chi connectivity index (χ2n) is 5.21. The predicted octanol–water partition coefficient (Wildman–Crippen LogP) is 4.20. The first-order valence-corrected chi connectivity index (χ1v) is 8.00. The summed E-state index contributed by atoms with van der Waals surface area (Å²) in [6.07, 6.45) is -5.31. The lowest BCUT2D eigenvalue weighted by atomic mass is 10.2. The molecule has 0 atom stereocenters. The van der Waals surface area contributed by atoms with Crippen molar-refractivity contribution in [1.82, 2.24) is 9.97 Å². The summed E-state index contributed by atoms with van der Waals surface area (Å²) < 4.78 is 60.8. The Bertz CT molecular complexity index is 1090. The van der Waals surface area contributed by atoms with Crippen LogP contribution in [0, 0.1) is 5.82 Å². The van der Waals surface area contributed by atoms with E-state index >= 15 is 0 Å². The molecule has 0 aliphatic heterocycles. The number of alkyl halides is 3. The van der Waals surface area contributed by atoms with Crippen molar-refractivity contribution in [3.05, 3.63) is 40.6 Å². The fourth-order valence-electron chi connectivity index (χ4n) is 2.04. The van der Waals surface area contributed by atoms with E-state index in [1.807, 2.05) is 0 Å². The van der Waals surface area contributed by atoms with E-state index < -0.39 is 41.4 Å². The van der Waals surface area contributed by atoms with Gasteiger partial charge in [-0.25, -0.2) is 9.18 Å². The van der Waals surface area contributed by atoms with Crippen molar-refractivity contribution < 1.29 is 42.0 Å². The topological polar surface area (TPSA) is 102 Å². The molecule has 0 saturated heterocycles. The molecule has 0 amide bonds. The Morgan fingerprint density at radius 2 is 1.79 bits per heavy atom. The molecule has 12 heteroatoms. The van der Waals surface area contributed by atoms with E-state index in [-0.39, 0.29) is 21.1 Å². The van der Waals surface area contributed by atoms with E-state index in [4.69, 9.17) is 4.74 Å². The van der Waals surface area contributed by atoms with Crippen molar-refractivity contribution in [2.75, 3.05) is 0 Å². The Hall–Kier alpha value is -3.15. The number of phenolic OH excluding ortho intramolecular Hbond substituents is 2. The Labute approximate surface area is 161 Å². The van der Waals surface area contributed by atoms with Gasteiger partial charge in [0.2, 0.25) is 5.88 Å². The van der Waals surface area contributed by atoms with Gasteiger partial charge in [0, 0.05) is 6.07 Å². The van der Waals surface area contributed by atoms with E-state index in [0.717, 1.165) is 12.1 Å². The molecule has 2 N–H and O–H groups in total. The van der Waals surface area contributed by atoms with E-state index in [0.29, 0.717) is 0 Å². The first kappa shape index (κ1) is 19.6. The minimum Gasteiger partial charge on any atom is -0.504 e. The number of esters is 1. The molecule has 0 radical (unpaired) electrons. The summed E-state index contributed by atoms with van der Waals surface area (Å²) >= 11 is 2.94. The minimum atomic E-state index is -5.31. The van der Waals surface area contributed by atoms with Crippen molar-refractivity contribution in [3.8, 4) is 29.1 Å². The fourth-order valence-corrected chi connectivity index (χ4v) is 2.38. The molecule has 0 saturated carbocycles. The first-order chi connectivity index (χ1) is 13.1. The number of phenols is 2. The number of aromatic hydroxyl groups is 2. The van der Waals surface area contributed by atoms with E-state index in [9.17, 15) is 32.6 Å².